The Bertz CT molecular complexity index is 920. The molecule has 1 aromatic rings. The highest BCUT2D eigenvalue weighted by Gasteiger charge is 2.37. The van der Waals surface area contributed by atoms with Crippen molar-refractivity contribution in [2.75, 3.05) is 39.5 Å². The summed E-state index contributed by atoms with van der Waals surface area (Å²) < 4.78 is 11.3. The average Bonchev–Trinajstić information content (AvgIpc) is 3.37. The highest BCUT2D eigenvalue weighted by atomic mass is 35.5. The van der Waals surface area contributed by atoms with E-state index in [4.69, 9.17) is 9.47 Å². The molecule has 0 bridgehead atoms. The van der Waals surface area contributed by atoms with Gasteiger partial charge in [0.1, 0.15) is 11.6 Å². The number of carbonyl (C=O) groups is 4. The summed E-state index contributed by atoms with van der Waals surface area (Å²) in [5.41, 5.74) is -0.0843. The number of carbonyl (C=O) groups excluding carboxylic acids is 3. The summed E-state index contributed by atoms with van der Waals surface area (Å²) in [6, 6.07) is 7.66. The van der Waals surface area contributed by atoms with E-state index in [0.29, 0.717) is 52.0 Å². The number of nitrogens with one attached hydrogen (secondary N) is 3. The van der Waals surface area contributed by atoms with Crippen molar-refractivity contribution in [3.8, 4) is 0 Å². The zero-order valence-corrected chi connectivity index (χ0v) is 21.9. The lowest BCUT2D eigenvalue weighted by molar-refractivity contribution is -0.145. The molecular formula is C25H37ClN4O7. The lowest BCUT2D eigenvalue weighted by Crippen LogP contribution is -2.59. The second kappa shape index (κ2) is 14.9. The number of fused-ring (bicyclic) bond motifs is 1. The molecule has 0 saturated carbocycles. The third kappa shape index (κ3) is 8.96. The molecular weight excluding hydrogens is 504 g/mol. The fourth-order valence-corrected chi connectivity index (χ4v) is 4.21. The summed E-state index contributed by atoms with van der Waals surface area (Å²) in [6.45, 7) is 2.86. The minimum absolute atomic E-state index is 0. The van der Waals surface area contributed by atoms with Gasteiger partial charge in [0.05, 0.1) is 19.8 Å². The van der Waals surface area contributed by atoms with Crippen LogP contribution in [-0.2, 0) is 35.2 Å². The number of amides is 3. The van der Waals surface area contributed by atoms with Crippen LogP contribution in [0.4, 0.5) is 0 Å². The average molecular weight is 541 g/mol. The van der Waals surface area contributed by atoms with Gasteiger partial charge in [-0.2, -0.15) is 0 Å². The molecule has 0 unspecified atom stereocenters. The van der Waals surface area contributed by atoms with Gasteiger partial charge in [-0.05, 0) is 38.2 Å². The molecule has 3 atom stereocenters. The van der Waals surface area contributed by atoms with Crippen molar-refractivity contribution >= 4 is 36.1 Å². The van der Waals surface area contributed by atoms with Gasteiger partial charge in [-0.3, -0.25) is 19.7 Å². The smallest absolute Gasteiger partial charge is 0.328 e. The molecule has 0 aromatic heterocycles. The summed E-state index contributed by atoms with van der Waals surface area (Å²) in [7, 11) is 0. The van der Waals surface area contributed by atoms with Gasteiger partial charge in [-0.15, -0.1) is 12.4 Å². The first-order valence-electron chi connectivity index (χ1n) is 12.4. The Morgan fingerprint density at radius 1 is 1.14 bits per heavy atom. The van der Waals surface area contributed by atoms with Crippen LogP contribution >= 0.6 is 12.4 Å². The minimum atomic E-state index is -1.21. The molecule has 0 aliphatic carbocycles. The van der Waals surface area contributed by atoms with E-state index in [2.05, 4.69) is 16.0 Å². The summed E-state index contributed by atoms with van der Waals surface area (Å²) in [6.07, 6.45) is 2.31. The maximum atomic E-state index is 13.2. The SMILES string of the molecule is C[C@@]1(NCc2ccccc2)COCCCCOC[C@@H](C(=O)O)NC(=O)[C@@H]2CCCN2C(=O)CNC1=O.Cl. The molecule has 12 heteroatoms. The monoisotopic (exact) mass is 540 g/mol. The van der Waals surface area contributed by atoms with Crippen LogP contribution < -0.4 is 16.0 Å². The third-order valence-electron chi connectivity index (χ3n) is 6.42. The molecule has 37 heavy (non-hydrogen) atoms. The van der Waals surface area contributed by atoms with E-state index >= 15 is 0 Å². The number of rotatable bonds is 4. The predicted octanol–water partition coefficient (Wildman–Crippen LogP) is 0.460. The Labute approximate surface area is 223 Å². The van der Waals surface area contributed by atoms with Crippen molar-refractivity contribution in [1.29, 1.82) is 0 Å². The molecule has 206 valence electrons. The lowest BCUT2D eigenvalue weighted by atomic mass is 10.0. The molecule has 3 amide bonds. The zero-order valence-electron chi connectivity index (χ0n) is 21.1. The largest absolute Gasteiger partial charge is 0.480 e. The van der Waals surface area contributed by atoms with Crippen LogP contribution in [0.15, 0.2) is 30.3 Å². The van der Waals surface area contributed by atoms with Crippen LogP contribution in [0.5, 0.6) is 0 Å². The highest BCUT2D eigenvalue weighted by Crippen LogP contribution is 2.18. The maximum absolute atomic E-state index is 13.2. The van der Waals surface area contributed by atoms with E-state index < -0.39 is 35.4 Å². The highest BCUT2D eigenvalue weighted by molar-refractivity contribution is 5.93. The molecule has 2 saturated heterocycles. The number of halogens is 1. The number of ether oxygens (including phenoxy) is 2. The number of hydrogen-bond acceptors (Lipinski definition) is 7. The number of nitrogens with zero attached hydrogens (tertiary/aromatic N) is 1. The molecule has 0 radical (unpaired) electrons. The number of carboxylic acids is 1. The van der Waals surface area contributed by atoms with Gasteiger partial charge in [-0.25, -0.2) is 4.79 Å². The van der Waals surface area contributed by atoms with Crippen molar-refractivity contribution in [2.45, 2.75) is 56.8 Å². The molecule has 1 aromatic carbocycles. The predicted molar refractivity (Wildman–Crippen MR) is 137 cm³/mol. The first kappa shape index (κ1) is 30.5. The van der Waals surface area contributed by atoms with Gasteiger partial charge in [0, 0.05) is 26.3 Å². The van der Waals surface area contributed by atoms with Gasteiger partial charge >= 0.3 is 5.97 Å². The first-order valence-corrected chi connectivity index (χ1v) is 12.4. The Kier molecular flexibility index (Phi) is 12.3. The van der Waals surface area contributed by atoms with E-state index in [1.165, 1.54) is 4.90 Å². The topological polar surface area (TPSA) is 146 Å². The molecule has 2 aliphatic rings. The molecule has 11 nitrogen and oxygen atoms in total. The summed E-state index contributed by atoms with van der Waals surface area (Å²) in [5.74, 6) is -2.53. The van der Waals surface area contributed by atoms with Crippen molar-refractivity contribution in [3.05, 3.63) is 35.9 Å². The van der Waals surface area contributed by atoms with Crippen molar-refractivity contribution in [1.82, 2.24) is 20.9 Å². The minimum Gasteiger partial charge on any atom is -0.480 e. The summed E-state index contributed by atoms with van der Waals surface area (Å²) >= 11 is 0. The Morgan fingerprint density at radius 2 is 1.84 bits per heavy atom. The summed E-state index contributed by atoms with van der Waals surface area (Å²) in [4.78, 5) is 51.9. The van der Waals surface area contributed by atoms with E-state index in [9.17, 15) is 24.3 Å². The molecule has 0 spiro atoms. The zero-order chi connectivity index (χ0) is 26.0. The van der Waals surface area contributed by atoms with Crippen LogP contribution in [-0.4, -0.2) is 90.8 Å². The van der Waals surface area contributed by atoms with Crippen LogP contribution in [0.2, 0.25) is 0 Å². The molecule has 3 rings (SSSR count). The summed E-state index contributed by atoms with van der Waals surface area (Å²) in [5, 5.41) is 17.9. The number of benzene rings is 1. The fourth-order valence-electron chi connectivity index (χ4n) is 4.21. The Balaban J connectivity index is 0.00000481. The van der Waals surface area contributed by atoms with Gasteiger partial charge in [0.15, 0.2) is 6.04 Å². The number of aliphatic carboxylic acids is 1. The third-order valence-corrected chi connectivity index (χ3v) is 6.42. The van der Waals surface area contributed by atoms with Crippen LogP contribution in [0, 0.1) is 0 Å². The van der Waals surface area contributed by atoms with Gasteiger partial charge in [0.25, 0.3) is 0 Å². The first-order chi connectivity index (χ1) is 17.3. The molecule has 2 fully saturated rings. The van der Waals surface area contributed by atoms with Gasteiger partial charge < -0.3 is 30.1 Å². The second-order valence-corrected chi connectivity index (χ2v) is 9.33. The van der Waals surface area contributed by atoms with Gasteiger partial charge in [0.2, 0.25) is 17.7 Å². The van der Waals surface area contributed by atoms with Crippen molar-refractivity contribution < 1.29 is 33.8 Å². The van der Waals surface area contributed by atoms with E-state index in [1.54, 1.807) is 6.92 Å². The van der Waals surface area contributed by atoms with Crippen molar-refractivity contribution in [3.63, 3.8) is 0 Å². The molecule has 2 heterocycles. The Morgan fingerprint density at radius 3 is 2.54 bits per heavy atom. The number of carboxylic acid groups (broad SMARTS) is 1. The standard InChI is InChI=1S/C25H36N4O7.ClH/c1-25(27-14-18-8-3-2-4-9-18)17-36-13-6-5-12-35-16-19(23(32)33)28-22(31)20-10-7-11-29(20)21(30)15-26-24(25)34;/h2-4,8-9,19-20,27H,5-7,10-17H2,1H3,(H,26,34)(H,28,31)(H,32,33);1H/t19-,20-,25+;/m0./s1. The second-order valence-electron chi connectivity index (χ2n) is 9.33. The fraction of sp³-hybridized carbons (Fsp3) is 0.600. The Hall–Kier alpha value is -2.73. The van der Waals surface area contributed by atoms with E-state index in [-0.39, 0.29) is 38.1 Å². The van der Waals surface area contributed by atoms with Crippen LogP contribution in [0.1, 0.15) is 38.2 Å². The van der Waals surface area contributed by atoms with Crippen LogP contribution in [0.25, 0.3) is 0 Å². The lowest BCUT2D eigenvalue weighted by Gasteiger charge is -2.31. The van der Waals surface area contributed by atoms with Crippen molar-refractivity contribution in [2.24, 2.45) is 0 Å². The van der Waals surface area contributed by atoms with E-state index in [0.717, 1.165) is 5.56 Å². The molecule has 2 aliphatic heterocycles. The van der Waals surface area contributed by atoms with Crippen LogP contribution in [0.3, 0.4) is 0 Å². The van der Waals surface area contributed by atoms with Gasteiger partial charge in [-0.1, -0.05) is 30.3 Å². The quantitative estimate of drug-likeness (QED) is 0.431. The number of hydrogen-bond donors (Lipinski definition) is 4. The normalized spacial score (nSPS) is 26.6. The molecule has 4 N–H and O–H groups in total. The maximum Gasteiger partial charge on any atom is 0.328 e. The van der Waals surface area contributed by atoms with E-state index in [1.807, 2.05) is 30.3 Å².